The first-order chi connectivity index (χ1) is 13.1. The van der Waals surface area contributed by atoms with Gasteiger partial charge in [0.1, 0.15) is 6.54 Å². The number of hydrogen-bond donors (Lipinski definition) is 4. The molecule has 2 unspecified atom stereocenters. The molecule has 0 radical (unpaired) electrons. The highest BCUT2D eigenvalue weighted by Crippen LogP contribution is 2.29. The van der Waals surface area contributed by atoms with Crippen molar-refractivity contribution >= 4 is 28.1 Å². The zero-order valence-corrected chi connectivity index (χ0v) is 16.2. The Morgan fingerprint density at radius 3 is 2.96 bits per heavy atom. The number of rotatable bonds is 7. The summed E-state index contributed by atoms with van der Waals surface area (Å²) >= 11 is 1.79. The number of nitrogens with zero attached hydrogens (tertiary/aromatic N) is 1. The van der Waals surface area contributed by atoms with Gasteiger partial charge in [-0.15, -0.1) is 11.3 Å². The Labute approximate surface area is 162 Å². The molecular formula is C20H25N5OS. The van der Waals surface area contributed by atoms with Crippen LogP contribution in [-0.4, -0.2) is 23.6 Å². The molecule has 2 aromatic heterocycles. The van der Waals surface area contributed by atoms with Crippen LogP contribution in [0.25, 0.3) is 10.9 Å². The molecule has 4 rings (SSSR count). The van der Waals surface area contributed by atoms with E-state index in [1.165, 1.54) is 15.8 Å². The van der Waals surface area contributed by atoms with Crippen LogP contribution in [0.4, 0.5) is 0 Å². The van der Waals surface area contributed by atoms with Gasteiger partial charge in [-0.2, -0.15) is 0 Å². The molecule has 1 aromatic carbocycles. The summed E-state index contributed by atoms with van der Waals surface area (Å²) in [5, 5.41) is 6.93. The van der Waals surface area contributed by atoms with Crippen molar-refractivity contribution in [3.05, 3.63) is 57.9 Å². The van der Waals surface area contributed by atoms with Crippen LogP contribution in [0.5, 0.6) is 0 Å². The number of hydrogen-bond acceptors (Lipinski definition) is 5. The lowest BCUT2D eigenvalue weighted by Crippen LogP contribution is -2.28. The van der Waals surface area contributed by atoms with E-state index in [1.807, 2.05) is 22.8 Å². The van der Waals surface area contributed by atoms with Crippen molar-refractivity contribution in [2.45, 2.75) is 26.1 Å². The largest absolute Gasteiger partial charge is 0.368 e. The predicted molar refractivity (Wildman–Crippen MR) is 109 cm³/mol. The van der Waals surface area contributed by atoms with Crippen LogP contribution in [0.1, 0.15) is 22.2 Å². The molecule has 27 heavy (non-hydrogen) atoms. The number of fused-ring (bicyclic) bond motifs is 1. The minimum Gasteiger partial charge on any atom is -0.368 e. The summed E-state index contributed by atoms with van der Waals surface area (Å²) in [5.41, 5.74) is 15.5. The van der Waals surface area contributed by atoms with Crippen LogP contribution in [0.2, 0.25) is 0 Å². The van der Waals surface area contributed by atoms with E-state index in [2.05, 4.69) is 46.7 Å². The van der Waals surface area contributed by atoms with Crippen molar-refractivity contribution in [2.75, 3.05) is 13.1 Å². The molecule has 0 saturated carbocycles. The Morgan fingerprint density at radius 1 is 1.33 bits per heavy atom. The quantitative estimate of drug-likeness (QED) is 0.503. The van der Waals surface area contributed by atoms with Gasteiger partial charge < -0.3 is 15.6 Å². The summed E-state index contributed by atoms with van der Waals surface area (Å²) < 4.78 is 2.02. The van der Waals surface area contributed by atoms with E-state index in [0.29, 0.717) is 12.0 Å². The fraction of sp³-hybridized carbons (Fsp3) is 0.350. The number of thiophene rings is 1. The van der Waals surface area contributed by atoms with Crippen molar-refractivity contribution in [3.8, 4) is 0 Å². The van der Waals surface area contributed by atoms with Crippen molar-refractivity contribution in [3.63, 3.8) is 0 Å². The molecule has 0 bridgehead atoms. The number of aromatic nitrogens is 1. The molecule has 3 heterocycles. The smallest absolute Gasteiger partial charge is 0.237 e. The zero-order chi connectivity index (χ0) is 18.8. The maximum atomic E-state index is 11.5. The normalized spacial score (nSPS) is 19.7. The van der Waals surface area contributed by atoms with Crippen molar-refractivity contribution in [2.24, 2.45) is 11.7 Å². The lowest BCUT2D eigenvalue weighted by molar-refractivity contribution is -0.118. The highest BCUT2D eigenvalue weighted by molar-refractivity contribution is 7.10. The molecule has 7 heteroatoms. The number of benzene rings is 1. The molecule has 0 aliphatic carbocycles. The molecule has 1 amide bonds. The molecule has 2 atom stereocenters. The second kappa shape index (κ2) is 7.82. The first-order valence-electron chi connectivity index (χ1n) is 9.22. The van der Waals surface area contributed by atoms with Gasteiger partial charge in [0.15, 0.2) is 0 Å². The van der Waals surface area contributed by atoms with E-state index in [0.717, 1.165) is 30.8 Å². The maximum absolute atomic E-state index is 11.5. The standard InChI is InChI=1S/C20H25N5OS/c1-13-16(15-5-2-3-6-17(15)25(13)12-19(21)26)11-22-9-14-10-23-24-20(14)18-7-4-8-27-18/h2-8,14,20,22-24H,9-12H2,1H3,(H2,21,26). The molecule has 5 N–H and O–H groups in total. The highest BCUT2D eigenvalue weighted by Gasteiger charge is 2.28. The van der Waals surface area contributed by atoms with Crippen LogP contribution in [0.3, 0.4) is 0 Å². The monoisotopic (exact) mass is 383 g/mol. The number of carbonyl (C=O) groups is 1. The molecule has 142 valence electrons. The van der Waals surface area contributed by atoms with Gasteiger partial charge in [0.25, 0.3) is 0 Å². The number of nitrogens with two attached hydrogens (primary N) is 1. The van der Waals surface area contributed by atoms with Gasteiger partial charge >= 0.3 is 0 Å². The van der Waals surface area contributed by atoms with E-state index in [4.69, 9.17) is 5.73 Å². The fourth-order valence-corrected chi connectivity index (χ4v) is 4.83. The number of amides is 1. The van der Waals surface area contributed by atoms with Crippen LogP contribution in [0.15, 0.2) is 41.8 Å². The minimum absolute atomic E-state index is 0.212. The number of para-hydroxylation sites is 1. The van der Waals surface area contributed by atoms with Gasteiger partial charge in [0, 0.05) is 47.0 Å². The Balaban J connectivity index is 1.49. The second-order valence-corrected chi connectivity index (χ2v) is 8.02. The van der Waals surface area contributed by atoms with Gasteiger partial charge in [-0.25, -0.2) is 5.43 Å². The zero-order valence-electron chi connectivity index (χ0n) is 15.4. The third kappa shape index (κ3) is 3.64. The summed E-state index contributed by atoms with van der Waals surface area (Å²) in [6.45, 7) is 4.90. The second-order valence-electron chi connectivity index (χ2n) is 7.04. The summed E-state index contributed by atoms with van der Waals surface area (Å²) in [6, 6.07) is 12.8. The molecule has 1 fully saturated rings. The fourth-order valence-electron chi connectivity index (χ4n) is 3.97. The van der Waals surface area contributed by atoms with Crippen molar-refractivity contribution in [1.82, 2.24) is 20.7 Å². The van der Waals surface area contributed by atoms with Gasteiger partial charge in [-0.3, -0.25) is 10.2 Å². The Kier molecular flexibility index (Phi) is 5.27. The van der Waals surface area contributed by atoms with Crippen molar-refractivity contribution < 1.29 is 4.79 Å². The van der Waals surface area contributed by atoms with Crippen molar-refractivity contribution in [1.29, 1.82) is 0 Å². The Bertz CT molecular complexity index is 933. The summed E-state index contributed by atoms with van der Waals surface area (Å²) in [4.78, 5) is 12.8. The molecule has 0 spiro atoms. The topological polar surface area (TPSA) is 84.1 Å². The lowest BCUT2D eigenvalue weighted by Gasteiger charge is -2.18. The van der Waals surface area contributed by atoms with Gasteiger partial charge in [0.2, 0.25) is 5.91 Å². The predicted octanol–water partition coefficient (Wildman–Crippen LogP) is 2.05. The third-order valence-corrected chi connectivity index (χ3v) is 6.28. The lowest BCUT2D eigenvalue weighted by atomic mass is 10.0. The third-order valence-electron chi connectivity index (χ3n) is 5.33. The molecule has 1 aliphatic rings. The van der Waals surface area contributed by atoms with Gasteiger partial charge in [-0.1, -0.05) is 24.3 Å². The highest BCUT2D eigenvalue weighted by atomic mass is 32.1. The van der Waals surface area contributed by atoms with E-state index in [-0.39, 0.29) is 12.5 Å². The van der Waals surface area contributed by atoms with E-state index >= 15 is 0 Å². The molecule has 1 saturated heterocycles. The van der Waals surface area contributed by atoms with Crippen LogP contribution < -0.4 is 21.9 Å². The van der Waals surface area contributed by atoms with Crippen LogP contribution >= 0.6 is 11.3 Å². The average molecular weight is 384 g/mol. The van der Waals surface area contributed by atoms with E-state index in [1.54, 1.807) is 11.3 Å². The number of carbonyl (C=O) groups excluding carboxylic acids is 1. The Morgan fingerprint density at radius 2 is 2.19 bits per heavy atom. The maximum Gasteiger partial charge on any atom is 0.237 e. The summed E-state index contributed by atoms with van der Waals surface area (Å²) in [7, 11) is 0. The number of hydrazine groups is 1. The Hall–Kier alpha value is -2.19. The molecule has 3 aromatic rings. The average Bonchev–Trinajstić information content (AvgIpc) is 3.38. The molecular weight excluding hydrogens is 358 g/mol. The SMILES string of the molecule is Cc1c(CNCC2CNNC2c2cccs2)c2ccccc2n1CC(N)=O. The minimum atomic E-state index is -0.319. The van der Waals surface area contributed by atoms with Crippen LogP contribution in [-0.2, 0) is 17.9 Å². The molecule has 1 aliphatic heterocycles. The first-order valence-corrected chi connectivity index (χ1v) is 10.1. The van der Waals surface area contributed by atoms with Crippen LogP contribution in [0, 0.1) is 12.8 Å². The summed E-state index contributed by atoms with van der Waals surface area (Å²) in [5.74, 6) is 0.170. The van der Waals surface area contributed by atoms with E-state index in [9.17, 15) is 4.79 Å². The number of nitrogens with one attached hydrogen (secondary N) is 3. The first kappa shape index (κ1) is 18.2. The van der Waals surface area contributed by atoms with E-state index < -0.39 is 0 Å². The summed E-state index contributed by atoms with van der Waals surface area (Å²) in [6.07, 6.45) is 0. The van der Waals surface area contributed by atoms with Gasteiger partial charge in [0.05, 0.1) is 6.04 Å². The number of primary amides is 1. The van der Waals surface area contributed by atoms with Gasteiger partial charge in [-0.05, 0) is 30.0 Å². The molecule has 6 nitrogen and oxygen atoms in total.